The van der Waals surface area contributed by atoms with Crippen molar-refractivity contribution in [3.63, 3.8) is 0 Å². The Morgan fingerprint density at radius 1 is 1.11 bits per heavy atom. The highest BCUT2D eigenvalue weighted by Gasteiger charge is 2.36. The number of benzene rings is 1. The number of nitrogens with one attached hydrogen (secondary N) is 1. The monoisotopic (exact) mass is 517 g/mol. The molecule has 3 fully saturated rings. The molecule has 1 N–H and O–H groups in total. The highest BCUT2D eigenvalue weighted by Crippen LogP contribution is 2.37. The van der Waals surface area contributed by atoms with Crippen molar-refractivity contribution in [3.8, 4) is 11.5 Å². The molecule has 3 aliphatic heterocycles. The lowest BCUT2D eigenvalue weighted by Crippen LogP contribution is -2.50. The van der Waals surface area contributed by atoms with Crippen molar-refractivity contribution in [2.24, 2.45) is 5.92 Å². The molecule has 1 aliphatic carbocycles. The van der Waals surface area contributed by atoms with Gasteiger partial charge in [0.25, 0.3) is 5.91 Å². The number of nitrogens with zero attached hydrogens (tertiary/aromatic N) is 2. The molecule has 8 heteroatoms. The van der Waals surface area contributed by atoms with E-state index in [4.69, 9.17) is 21.7 Å². The normalized spacial score (nSPS) is 23.3. The molecular formula is C27H36ClN3O3S. The average Bonchev–Trinajstić information content (AvgIpc) is 2.89. The second kappa shape index (κ2) is 11.8. The van der Waals surface area contributed by atoms with Gasteiger partial charge in [0.05, 0.1) is 17.7 Å². The van der Waals surface area contributed by atoms with Gasteiger partial charge in [-0.05, 0) is 76.2 Å². The Morgan fingerprint density at radius 2 is 1.89 bits per heavy atom. The lowest BCUT2D eigenvalue weighted by molar-refractivity contribution is 0.0674. The van der Waals surface area contributed by atoms with E-state index < -0.39 is 0 Å². The Hall–Kier alpha value is -2.09. The van der Waals surface area contributed by atoms with Gasteiger partial charge in [0, 0.05) is 36.8 Å². The van der Waals surface area contributed by atoms with Crippen LogP contribution in [0.3, 0.4) is 0 Å². The number of amides is 1. The SMILES string of the molecule is COc1cc(OC2CCNCC2)ccc1C(=O)N1CCC(N2C(=S)CCC3CC=CC=C32)CC1.Cl. The topological polar surface area (TPSA) is 54.0 Å². The van der Waals surface area contributed by atoms with Crippen molar-refractivity contribution in [2.75, 3.05) is 33.3 Å². The minimum absolute atomic E-state index is 0. The van der Waals surface area contributed by atoms with Gasteiger partial charge >= 0.3 is 0 Å². The van der Waals surface area contributed by atoms with Crippen LogP contribution in [-0.2, 0) is 0 Å². The van der Waals surface area contributed by atoms with Crippen LogP contribution in [0.5, 0.6) is 11.5 Å². The molecule has 3 saturated heterocycles. The number of fused-ring (bicyclic) bond motifs is 1. The summed E-state index contributed by atoms with van der Waals surface area (Å²) in [6, 6.07) is 5.99. The van der Waals surface area contributed by atoms with Crippen LogP contribution in [0.15, 0.2) is 42.1 Å². The smallest absolute Gasteiger partial charge is 0.257 e. The Labute approximate surface area is 220 Å². The number of rotatable bonds is 5. The maximum absolute atomic E-state index is 13.4. The summed E-state index contributed by atoms with van der Waals surface area (Å²) in [6.07, 6.45) is 14.0. The summed E-state index contributed by atoms with van der Waals surface area (Å²) >= 11 is 5.79. The number of likely N-dealkylation sites (tertiary alicyclic amines) is 2. The fourth-order valence-corrected chi connectivity index (χ4v) is 6.08. The van der Waals surface area contributed by atoms with Crippen LogP contribution in [0.4, 0.5) is 0 Å². The third kappa shape index (κ3) is 5.68. The highest BCUT2D eigenvalue weighted by atomic mass is 35.5. The highest BCUT2D eigenvalue weighted by molar-refractivity contribution is 7.80. The van der Waals surface area contributed by atoms with E-state index in [1.807, 2.05) is 23.1 Å². The fraction of sp³-hybridized carbons (Fsp3) is 0.556. The number of thiocarbonyl (C=S) groups is 1. The fourth-order valence-electron chi connectivity index (χ4n) is 5.71. The molecule has 0 bridgehead atoms. The Kier molecular flexibility index (Phi) is 8.73. The molecule has 1 aromatic carbocycles. The third-order valence-corrected chi connectivity index (χ3v) is 8.01. The van der Waals surface area contributed by atoms with E-state index in [0.717, 1.165) is 81.9 Å². The maximum atomic E-state index is 13.4. The van der Waals surface area contributed by atoms with E-state index in [-0.39, 0.29) is 24.4 Å². The van der Waals surface area contributed by atoms with Crippen LogP contribution in [0.25, 0.3) is 0 Å². The summed E-state index contributed by atoms with van der Waals surface area (Å²) in [5.74, 6) is 1.97. The number of methoxy groups -OCH3 is 1. The number of ether oxygens (including phenoxy) is 2. The molecule has 3 heterocycles. The summed E-state index contributed by atoms with van der Waals surface area (Å²) < 4.78 is 11.7. The number of piperidine rings is 3. The lowest BCUT2D eigenvalue weighted by atomic mass is 9.85. The van der Waals surface area contributed by atoms with Crippen LogP contribution in [-0.4, -0.2) is 66.1 Å². The Balaban J connectivity index is 0.00000289. The van der Waals surface area contributed by atoms with Crippen LogP contribution in [0.2, 0.25) is 0 Å². The van der Waals surface area contributed by atoms with E-state index in [0.29, 0.717) is 23.3 Å². The van der Waals surface area contributed by atoms with Gasteiger partial charge in [-0.1, -0.05) is 24.4 Å². The van der Waals surface area contributed by atoms with Crippen molar-refractivity contribution in [3.05, 3.63) is 47.7 Å². The van der Waals surface area contributed by atoms with Crippen molar-refractivity contribution in [1.29, 1.82) is 0 Å². The van der Waals surface area contributed by atoms with Crippen molar-refractivity contribution in [2.45, 2.75) is 57.1 Å². The first-order valence-corrected chi connectivity index (χ1v) is 13.1. The zero-order valence-corrected chi connectivity index (χ0v) is 22.0. The molecule has 6 nitrogen and oxygen atoms in total. The summed E-state index contributed by atoms with van der Waals surface area (Å²) in [5.41, 5.74) is 1.99. The first kappa shape index (κ1) is 26.0. The molecule has 190 valence electrons. The maximum Gasteiger partial charge on any atom is 0.257 e. The molecule has 1 unspecified atom stereocenters. The van der Waals surface area contributed by atoms with Gasteiger partial charge in [-0.3, -0.25) is 4.79 Å². The minimum atomic E-state index is 0. The largest absolute Gasteiger partial charge is 0.496 e. The second-order valence-electron chi connectivity index (χ2n) is 9.71. The van der Waals surface area contributed by atoms with Gasteiger partial charge in [-0.2, -0.15) is 0 Å². The van der Waals surface area contributed by atoms with Crippen LogP contribution < -0.4 is 14.8 Å². The standard InChI is InChI=1S/C27H35N3O3S.ClH/c1-32-25-18-22(33-21-10-14-28-15-11-21)7-8-23(25)27(31)29-16-12-20(13-17-29)30-24-5-3-2-4-19(24)6-9-26(30)34;/h2-3,5,7-8,18-21,28H,4,6,9-17H2,1H3;1H. The molecule has 1 amide bonds. The van der Waals surface area contributed by atoms with E-state index in [2.05, 4.69) is 28.4 Å². The molecule has 0 spiro atoms. The number of carbonyl (C=O) groups excluding carboxylic acids is 1. The quantitative estimate of drug-likeness (QED) is 0.570. The average molecular weight is 518 g/mol. The van der Waals surface area contributed by atoms with Gasteiger partial charge in [-0.25, -0.2) is 0 Å². The first-order chi connectivity index (χ1) is 16.6. The third-order valence-electron chi connectivity index (χ3n) is 7.60. The van der Waals surface area contributed by atoms with Gasteiger partial charge in [0.2, 0.25) is 0 Å². The Morgan fingerprint density at radius 3 is 2.63 bits per heavy atom. The summed E-state index contributed by atoms with van der Waals surface area (Å²) in [4.78, 5) is 18.8. The molecular weight excluding hydrogens is 482 g/mol. The molecule has 1 aromatic rings. The van der Waals surface area contributed by atoms with E-state index in [1.165, 1.54) is 5.70 Å². The summed E-state index contributed by atoms with van der Waals surface area (Å²) in [7, 11) is 1.62. The van der Waals surface area contributed by atoms with Crippen LogP contribution in [0, 0.1) is 5.92 Å². The molecule has 0 aromatic heterocycles. The number of hydrogen-bond donors (Lipinski definition) is 1. The van der Waals surface area contributed by atoms with Gasteiger partial charge in [0.1, 0.15) is 17.6 Å². The first-order valence-electron chi connectivity index (χ1n) is 12.7. The van der Waals surface area contributed by atoms with E-state index in [1.54, 1.807) is 7.11 Å². The zero-order chi connectivity index (χ0) is 23.5. The van der Waals surface area contributed by atoms with Crippen LogP contribution >= 0.6 is 24.6 Å². The van der Waals surface area contributed by atoms with Gasteiger partial charge in [-0.15, -0.1) is 12.4 Å². The van der Waals surface area contributed by atoms with Crippen molar-refractivity contribution < 1.29 is 14.3 Å². The number of hydrogen-bond acceptors (Lipinski definition) is 5. The molecule has 0 saturated carbocycles. The second-order valence-corrected chi connectivity index (χ2v) is 10.2. The lowest BCUT2D eigenvalue weighted by Gasteiger charge is -2.46. The van der Waals surface area contributed by atoms with E-state index in [9.17, 15) is 4.79 Å². The van der Waals surface area contributed by atoms with Gasteiger partial charge < -0.3 is 24.6 Å². The zero-order valence-electron chi connectivity index (χ0n) is 20.4. The number of halogens is 1. The summed E-state index contributed by atoms with van der Waals surface area (Å²) in [5, 5.41) is 3.35. The van der Waals surface area contributed by atoms with E-state index >= 15 is 0 Å². The molecule has 1 atom stereocenters. The predicted molar refractivity (Wildman–Crippen MR) is 145 cm³/mol. The van der Waals surface area contributed by atoms with Crippen molar-refractivity contribution >= 4 is 35.5 Å². The molecule has 4 aliphatic rings. The van der Waals surface area contributed by atoms with Crippen LogP contribution in [0.1, 0.15) is 55.3 Å². The van der Waals surface area contributed by atoms with Gasteiger partial charge in [0.15, 0.2) is 0 Å². The molecule has 5 rings (SSSR count). The Bertz CT molecular complexity index is 984. The number of allylic oxidation sites excluding steroid dienone is 4. The number of carbonyl (C=O) groups is 1. The predicted octanol–water partition coefficient (Wildman–Crippen LogP) is 4.74. The molecule has 35 heavy (non-hydrogen) atoms. The summed E-state index contributed by atoms with van der Waals surface area (Å²) in [6.45, 7) is 3.41. The van der Waals surface area contributed by atoms with Crippen molar-refractivity contribution in [1.82, 2.24) is 15.1 Å². The minimum Gasteiger partial charge on any atom is -0.496 e. The molecule has 0 radical (unpaired) electrons.